The Morgan fingerprint density at radius 3 is 1.00 bits per heavy atom. The maximum Gasteiger partial charge on any atom is 0.279 e. The third-order valence-electron chi connectivity index (χ3n) is 1.23. The highest BCUT2D eigenvalue weighted by Crippen LogP contribution is 2.14. The first kappa shape index (κ1) is 11.6. The fourth-order valence-corrected chi connectivity index (χ4v) is 3.93. The minimum absolute atomic E-state index is 0.385. The van der Waals surface area contributed by atoms with Crippen molar-refractivity contribution in [1.29, 1.82) is 0 Å². The molecule has 0 aliphatic heterocycles. The van der Waals surface area contributed by atoms with E-state index in [0.717, 1.165) is 0 Å². The van der Waals surface area contributed by atoms with Crippen molar-refractivity contribution in [2.45, 2.75) is 20.5 Å². The smallest absolute Gasteiger partial charge is 0.279 e. The lowest BCUT2D eigenvalue weighted by Gasteiger charge is -2.26. The quantitative estimate of drug-likeness (QED) is 0.719. The van der Waals surface area contributed by atoms with Crippen LogP contribution in [0.25, 0.3) is 0 Å². The SMILES string of the molecule is CB(Br)N(B(C)Br)B(C)Br. The molecule has 0 aliphatic carbocycles. The number of halogens is 3. The van der Waals surface area contributed by atoms with Crippen LogP contribution in [-0.4, -0.2) is 21.6 Å². The maximum atomic E-state index is 3.51. The fourth-order valence-electron chi connectivity index (χ4n) is 0.849. The van der Waals surface area contributed by atoms with E-state index < -0.39 is 0 Å². The number of hydrogen-bond acceptors (Lipinski definition) is 1. The van der Waals surface area contributed by atoms with Gasteiger partial charge in [0.2, 0.25) is 0 Å². The molecule has 0 amide bonds. The summed E-state index contributed by atoms with van der Waals surface area (Å²) in [7, 11) is 0. The molecule has 0 aromatic carbocycles. The van der Waals surface area contributed by atoms with Crippen molar-refractivity contribution in [2.24, 2.45) is 0 Å². The summed E-state index contributed by atoms with van der Waals surface area (Å²) in [4.78, 5) is 0. The third kappa shape index (κ3) is 3.83. The first-order chi connectivity index (χ1) is 4.46. The van der Waals surface area contributed by atoms with Crippen molar-refractivity contribution < 1.29 is 0 Å². The van der Waals surface area contributed by atoms with Crippen LogP contribution in [0.2, 0.25) is 20.5 Å². The van der Waals surface area contributed by atoms with E-state index in [2.05, 4.69) is 72.4 Å². The minimum Gasteiger partial charge on any atom is -0.398 e. The molecular formula is C3H9B3Br3N. The van der Waals surface area contributed by atoms with Gasteiger partial charge in [0.05, 0.1) is 0 Å². The predicted octanol–water partition coefficient (Wildman–Crippen LogP) is 2.83. The van der Waals surface area contributed by atoms with Gasteiger partial charge in [0, 0.05) is 0 Å². The van der Waals surface area contributed by atoms with Crippen LogP contribution in [0.3, 0.4) is 0 Å². The summed E-state index contributed by atoms with van der Waals surface area (Å²) < 4.78 is 2.25. The normalized spacial score (nSPS) is 9.90. The summed E-state index contributed by atoms with van der Waals surface area (Å²) in [6, 6.07) is 0. The summed E-state index contributed by atoms with van der Waals surface area (Å²) >= 11 is 10.5. The van der Waals surface area contributed by atoms with Crippen molar-refractivity contribution in [3.8, 4) is 0 Å². The molecule has 0 aliphatic rings. The molecule has 0 aromatic rings. The molecule has 56 valence electrons. The van der Waals surface area contributed by atoms with Crippen LogP contribution in [0.1, 0.15) is 0 Å². The third-order valence-corrected chi connectivity index (χ3v) is 2.65. The average Bonchev–Trinajstić information content (AvgIpc) is 1.59. The molecule has 1 nitrogen and oxygen atoms in total. The Kier molecular flexibility index (Phi) is 6.12. The Morgan fingerprint density at radius 2 is 1.00 bits per heavy atom. The van der Waals surface area contributed by atoms with E-state index in [1.54, 1.807) is 0 Å². The Labute approximate surface area is 88.9 Å². The Morgan fingerprint density at radius 1 is 0.800 bits per heavy atom. The van der Waals surface area contributed by atoms with Crippen LogP contribution in [-0.2, 0) is 0 Å². The van der Waals surface area contributed by atoms with Gasteiger partial charge < -0.3 is 4.63 Å². The summed E-state index contributed by atoms with van der Waals surface area (Å²) in [6.45, 7) is 6.32. The lowest BCUT2D eigenvalue weighted by Crippen LogP contribution is -2.46. The molecule has 0 spiro atoms. The molecule has 0 atom stereocenters. The highest BCUT2D eigenvalue weighted by atomic mass is 79.9. The van der Waals surface area contributed by atoms with Gasteiger partial charge in [-0.15, -0.1) is 47.3 Å². The van der Waals surface area contributed by atoms with Gasteiger partial charge in [-0.05, 0) is 0 Å². The molecule has 0 aromatic heterocycles. The van der Waals surface area contributed by atoms with E-state index in [1.807, 2.05) is 0 Å². The second-order valence-corrected chi connectivity index (χ2v) is 6.14. The van der Waals surface area contributed by atoms with Gasteiger partial charge in [0.1, 0.15) is 0 Å². The van der Waals surface area contributed by atoms with E-state index in [1.165, 1.54) is 0 Å². The minimum atomic E-state index is 0.385. The topological polar surface area (TPSA) is 3.24 Å². The lowest BCUT2D eigenvalue weighted by molar-refractivity contribution is 1.08. The Hall–Kier alpha value is 1.59. The van der Waals surface area contributed by atoms with Crippen LogP contribution in [0.5, 0.6) is 0 Å². The van der Waals surface area contributed by atoms with E-state index >= 15 is 0 Å². The molecule has 0 bridgehead atoms. The average molecular weight is 331 g/mol. The van der Waals surface area contributed by atoms with Crippen molar-refractivity contribution in [3.05, 3.63) is 0 Å². The Bertz CT molecular complexity index is 80.0. The molecule has 0 heterocycles. The summed E-state index contributed by atoms with van der Waals surface area (Å²) in [5.41, 5.74) is 1.16. The van der Waals surface area contributed by atoms with Crippen molar-refractivity contribution >= 4 is 64.3 Å². The summed E-state index contributed by atoms with van der Waals surface area (Å²) in [5, 5.41) is 0. The molecule has 0 radical (unpaired) electrons. The van der Waals surface area contributed by atoms with Crippen LogP contribution in [0.4, 0.5) is 0 Å². The van der Waals surface area contributed by atoms with E-state index in [0.29, 0.717) is 17.0 Å². The standard InChI is InChI=1S/C3H9B3Br3N/c1-4(7)10(5(2)8)6(3)9/h1-3H3. The van der Waals surface area contributed by atoms with Gasteiger partial charge in [-0.2, -0.15) is 0 Å². The van der Waals surface area contributed by atoms with Crippen LogP contribution >= 0.6 is 47.3 Å². The Balaban J connectivity index is 3.98. The van der Waals surface area contributed by atoms with E-state index in [-0.39, 0.29) is 0 Å². The molecule has 0 rings (SSSR count). The highest BCUT2D eigenvalue weighted by Gasteiger charge is 2.26. The van der Waals surface area contributed by atoms with Gasteiger partial charge in [0.25, 0.3) is 17.0 Å². The van der Waals surface area contributed by atoms with Crippen molar-refractivity contribution in [1.82, 2.24) is 4.63 Å². The first-order valence-corrected chi connectivity index (χ1v) is 5.91. The fraction of sp³-hybridized carbons (Fsp3) is 1.00. The zero-order valence-corrected chi connectivity index (χ0v) is 11.1. The maximum absolute atomic E-state index is 3.51. The molecule has 10 heavy (non-hydrogen) atoms. The van der Waals surface area contributed by atoms with E-state index in [4.69, 9.17) is 0 Å². The summed E-state index contributed by atoms with van der Waals surface area (Å²) in [6.07, 6.45) is 0. The number of rotatable bonds is 3. The summed E-state index contributed by atoms with van der Waals surface area (Å²) in [5.74, 6) is 0. The zero-order valence-electron chi connectivity index (χ0n) is 6.31. The van der Waals surface area contributed by atoms with Gasteiger partial charge in [-0.3, -0.25) is 0 Å². The predicted molar refractivity (Wildman–Crippen MR) is 63.5 cm³/mol. The highest BCUT2D eigenvalue weighted by molar-refractivity contribution is 9.27. The second kappa shape index (κ2) is 5.28. The molecule has 7 heteroatoms. The van der Waals surface area contributed by atoms with Gasteiger partial charge >= 0.3 is 0 Å². The molecule has 0 N–H and O–H groups in total. The van der Waals surface area contributed by atoms with Gasteiger partial charge in [0.15, 0.2) is 0 Å². The monoisotopic (exact) mass is 329 g/mol. The number of hydrogen-bond donors (Lipinski definition) is 0. The van der Waals surface area contributed by atoms with Crippen LogP contribution in [0.15, 0.2) is 0 Å². The van der Waals surface area contributed by atoms with E-state index in [9.17, 15) is 0 Å². The largest absolute Gasteiger partial charge is 0.398 e. The van der Waals surface area contributed by atoms with Crippen molar-refractivity contribution in [2.75, 3.05) is 0 Å². The van der Waals surface area contributed by atoms with Gasteiger partial charge in [-0.1, -0.05) is 20.5 Å². The van der Waals surface area contributed by atoms with Crippen LogP contribution in [0, 0.1) is 0 Å². The molecule has 0 unspecified atom stereocenters. The molecule has 0 fully saturated rings. The van der Waals surface area contributed by atoms with Crippen molar-refractivity contribution in [3.63, 3.8) is 0 Å². The molecule has 0 saturated carbocycles. The lowest BCUT2D eigenvalue weighted by atomic mass is 9.68. The second-order valence-electron chi connectivity index (χ2n) is 2.17. The van der Waals surface area contributed by atoms with Crippen LogP contribution < -0.4 is 0 Å². The van der Waals surface area contributed by atoms with Gasteiger partial charge in [-0.25, -0.2) is 0 Å². The molecular weight excluding hydrogens is 322 g/mol. The first-order valence-electron chi connectivity index (χ1n) is 3.16. The zero-order chi connectivity index (χ0) is 8.31. The molecule has 0 saturated heterocycles. The number of nitrogens with zero attached hydrogens (tertiary/aromatic N) is 1.